The molecule has 6 heteroatoms. The molecule has 6 nitrogen and oxygen atoms in total. The molecule has 0 spiro atoms. The summed E-state index contributed by atoms with van der Waals surface area (Å²) in [6.45, 7) is 5.35. The molecule has 0 N–H and O–H groups in total. The van der Waals surface area contributed by atoms with Gasteiger partial charge in [-0.3, -0.25) is 19.5 Å². The highest BCUT2D eigenvalue weighted by molar-refractivity contribution is 5.95. The van der Waals surface area contributed by atoms with Crippen molar-refractivity contribution in [2.24, 2.45) is 17.8 Å². The Balaban J connectivity index is 2.30. The number of nitrogens with zero attached hydrogens (tertiary/aromatic N) is 3. The lowest BCUT2D eigenvalue weighted by atomic mass is 9.82. The average Bonchev–Trinajstić information content (AvgIpc) is 3.01. The molecule has 0 radical (unpaired) electrons. The molecule has 0 amide bonds. The molecule has 0 saturated carbocycles. The van der Waals surface area contributed by atoms with Crippen LogP contribution in [-0.4, -0.2) is 26.8 Å². The number of nitro groups is 1. The Morgan fingerprint density at radius 3 is 2.48 bits per heavy atom. The first-order chi connectivity index (χ1) is 10.9. The highest BCUT2D eigenvalue weighted by Crippen LogP contribution is 2.25. The van der Waals surface area contributed by atoms with Gasteiger partial charge in [-0.2, -0.15) is 0 Å². The van der Waals surface area contributed by atoms with Crippen LogP contribution >= 0.6 is 0 Å². The van der Waals surface area contributed by atoms with Gasteiger partial charge in [0.25, 0.3) is 0 Å². The van der Waals surface area contributed by atoms with Gasteiger partial charge in [-0.25, -0.2) is 4.98 Å². The van der Waals surface area contributed by atoms with Crippen molar-refractivity contribution in [1.82, 2.24) is 9.55 Å². The monoisotopic (exact) mass is 315 g/mol. The third-order valence-electron chi connectivity index (χ3n) is 4.17. The summed E-state index contributed by atoms with van der Waals surface area (Å²) < 4.78 is 1.72. The number of Topliss-reactive ketones (excluding diaryl/α,β-unsaturated/α-hetero) is 1. The number of hydrogen-bond acceptors (Lipinski definition) is 4. The number of benzene rings is 1. The molecule has 2 atom stereocenters. The number of aromatic nitrogens is 2. The predicted octanol–water partition coefficient (Wildman–Crippen LogP) is 3.24. The number of para-hydroxylation sites is 1. The molecule has 0 saturated heterocycles. The maximum atomic E-state index is 12.8. The van der Waals surface area contributed by atoms with Gasteiger partial charge in [-0.15, -0.1) is 0 Å². The first-order valence-corrected chi connectivity index (χ1v) is 7.66. The summed E-state index contributed by atoms with van der Waals surface area (Å²) >= 11 is 0. The molecule has 0 aliphatic rings. The number of imidazole rings is 1. The van der Waals surface area contributed by atoms with Gasteiger partial charge in [-0.1, -0.05) is 39.0 Å². The Kier molecular flexibility index (Phi) is 5.26. The molecule has 1 aromatic carbocycles. The van der Waals surface area contributed by atoms with Gasteiger partial charge in [0.2, 0.25) is 12.3 Å². The fourth-order valence-corrected chi connectivity index (χ4v) is 2.80. The number of hydrogen-bond donors (Lipinski definition) is 0. The van der Waals surface area contributed by atoms with Crippen LogP contribution < -0.4 is 0 Å². The summed E-state index contributed by atoms with van der Waals surface area (Å²) in [4.78, 5) is 27.5. The van der Waals surface area contributed by atoms with Crippen LogP contribution in [0.15, 0.2) is 42.7 Å². The minimum atomic E-state index is -0.467. The highest BCUT2D eigenvalue weighted by Gasteiger charge is 2.33. The third-order valence-corrected chi connectivity index (χ3v) is 4.17. The molecule has 0 fully saturated rings. The second kappa shape index (κ2) is 7.17. The van der Waals surface area contributed by atoms with Crippen LogP contribution in [0, 0.1) is 27.9 Å². The Bertz CT molecular complexity index is 679. The van der Waals surface area contributed by atoms with Crippen molar-refractivity contribution in [1.29, 1.82) is 0 Å². The van der Waals surface area contributed by atoms with E-state index in [4.69, 9.17) is 0 Å². The maximum Gasteiger partial charge on any atom is 0.207 e. The van der Waals surface area contributed by atoms with E-state index in [0.717, 1.165) is 5.69 Å². The predicted molar refractivity (Wildman–Crippen MR) is 87.2 cm³/mol. The molecule has 2 rings (SSSR count). The van der Waals surface area contributed by atoms with Crippen molar-refractivity contribution in [3.8, 4) is 5.69 Å². The number of ketones is 1. The van der Waals surface area contributed by atoms with Crippen LogP contribution in [0.4, 0.5) is 0 Å². The Hall–Kier alpha value is -2.50. The smallest absolute Gasteiger partial charge is 0.207 e. The van der Waals surface area contributed by atoms with Crippen molar-refractivity contribution in [3.05, 3.63) is 58.7 Å². The number of carbonyl (C=O) groups is 1. The Labute approximate surface area is 135 Å². The molecule has 2 aromatic rings. The number of carbonyl (C=O) groups excluding carboxylic acids is 1. The summed E-state index contributed by atoms with van der Waals surface area (Å²) in [5, 5.41) is 10.9. The van der Waals surface area contributed by atoms with Crippen molar-refractivity contribution < 1.29 is 9.72 Å². The fraction of sp³-hybridized carbons (Fsp3) is 0.412. The summed E-state index contributed by atoms with van der Waals surface area (Å²) in [6, 6.07) is 9.45. The average molecular weight is 315 g/mol. The van der Waals surface area contributed by atoms with Crippen molar-refractivity contribution >= 4 is 5.78 Å². The van der Waals surface area contributed by atoms with Gasteiger partial charge in [0, 0.05) is 34.8 Å². The van der Waals surface area contributed by atoms with Crippen LogP contribution in [0.5, 0.6) is 0 Å². The minimum absolute atomic E-state index is 0.0412. The van der Waals surface area contributed by atoms with Crippen LogP contribution in [0.25, 0.3) is 5.69 Å². The normalized spacial score (nSPS) is 13.7. The quantitative estimate of drug-likeness (QED) is 0.446. The van der Waals surface area contributed by atoms with Crippen molar-refractivity contribution in [2.45, 2.75) is 20.8 Å². The second-order valence-electron chi connectivity index (χ2n) is 6.03. The van der Waals surface area contributed by atoms with E-state index < -0.39 is 5.92 Å². The largest absolute Gasteiger partial charge is 0.297 e. The van der Waals surface area contributed by atoms with Crippen LogP contribution in [0.1, 0.15) is 31.4 Å². The van der Waals surface area contributed by atoms with Gasteiger partial charge in [0.15, 0.2) is 5.82 Å². The lowest BCUT2D eigenvalue weighted by Gasteiger charge is -2.23. The summed E-state index contributed by atoms with van der Waals surface area (Å²) in [7, 11) is 0. The zero-order chi connectivity index (χ0) is 17.0. The Morgan fingerprint density at radius 2 is 1.91 bits per heavy atom. The molecule has 0 aliphatic heterocycles. The SMILES string of the molecule is CC(C)[C@H](C[N+](=O)[O-])[C@H](C)C(=O)c1nccn1-c1ccccc1. The molecule has 23 heavy (non-hydrogen) atoms. The van der Waals surface area contributed by atoms with Gasteiger partial charge < -0.3 is 0 Å². The lowest BCUT2D eigenvalue weighted by Crippen LogP contribution is -2.32. The van der Waals surface area contributed by atoms with E-state index in [0.29, 0.717) is 5.82 Å². The van der Waals surface area contributed by atoms with E-state index in [2.05, 4.69) is 4.98 Å². The van der Waals surface area contributed by atoms with E-state index >= 15 is 0 Å². The standard InChI is InChI=1S/C17H21N3O3/c1-12(2)15(11-20(22)23)13(3)16(21)17-18-9-10-19(17)14-7-5-4-6-8-14/h4-10,12-13,15H,11H2,1-3H3/t13-,15-/m0/s1. The molecule has 1 heterocycles. The fourth-order valence-electron chi connectivity index (χ4n) is 2.80. The zero-order valence-electron chi connectivity index (χ0n) is 13.5. The molecule has 0 aliphatic carbocycles. The minimum Gasteiger partial charge on any atom is -0.297 e. The van der Waals surface area contributed by atoms with Gasteiger partial charge in [0.1, 0.15) is 0 Å². The summed E-state index contributed by atoms with van der Waals surface area (Å²) in [6.07, 6.45) is 3.30. The summed E-state index contributed by atoms with van der Waals surface area (Å²) in [5.41, 5.74) is 0.843. The molecule has 1 aromatic heterocycles. The van der Waals surface area contributed by atoms with Crippen molar-refractivity contribution in [2.75, 3.05) is 6.54 Å². The second-order valence-corrected chi connectivity index (χ2v) is 6.03. The van der Waals surface area contributed by atoms with Gasteiger partial charge in [-0.05, 0) is 18.1 Å². The topological polar surface area (TPSA) is 78.0 Å². The van der Waals surface area contributed by atoms with Crippen LogP contribution in [0.2, 0.25) is 0 Å². The van der Waals surface area contributed by atoms with Gasteiger partial charge in [0.05, 0.1) is 0 Å². The molecule has 122 valence electrons. The first kappa shape index (κ1) is 16.9. The summed E-state index contributed by atoms with van der Waals surface area (Å²) in [5.74, 6) is -0.597. The molecule has 0 unspecified atom stereocenters. The van der Waals surface area contributed by atoms with Crippen molar-refractivity contribution in [3.63, 3.8) is 0 Å². The molecular weight excluding hydrogens is 294 g/mol. The van der Waals surface area contributed by atoms with Crippen LogP contribution in [0.3, 0.4) is 0 Å². The van der Waals surface area contributed by atoms with E-state index in [9.17, 15) is 14.9 Å². The molecular formula is C17H21N3O3. The van der Waals surface area contributed by atoms with Crippen LogP contribution in [-0.2, 0) is 0 Å². The van der Waals surface area contributed by atoms with Gasteiger partial charge >= 0.3 is 0 Å². The molecule has 0 bridgehead atoms. The van der Waals surface area contributed by atoms with E-state index in [1.165, 1.54) is 0 Å². The highest BCUT2D eigenvalue weighted by atomic mass is 16.6. The zero-order valence-corrected chi connectivity index (χ0v) is 13.5. The van der Waals surface area contributed by atoms with E-state index in [-0.39, 0.29) is 29.1 Å². The Morgan fingerprint density at radius 1 is 1.26 bits per heavy atom. The lowest BCUT2D eigenvalue weighted by molar-refractivity contribution is -0.490. The van der Waals surface area contributed by atoms with E-state index in [1.54, 1.807) is 23.9 Å². The first-order valence-electron chi connectivity index (χ1n) is 7.66. The maximum absolute atomic E-state index is 12.8. The number of rotatable bonds is 7. The van der Waals surface area contributed by atoms with E-state index in [1.807, 2.05) is 44.2 Å². The third kappa shape index (κ3) is 3.83.